The Labute approximate surface area is 127 Å². The van der Waals surface area contributed by atoms with Gasteiger partial charge in [0.2, 0.25) is 0 Å². The summed E-state index contributed by atoms with van der Waals surface area (Å²) in [6.45, 7) is 4.60. The highest BCUT2D eigenvalue weighted by atomic mass is 16.4. The number of urea groups is 1. The average Bonchev–Trinajstić information content (AvgIpc) is 2.92. The lowest BCUT2D eigenvalue weighted by atomic mass is 9.84. The van der Waals surface area contributed by atoms with E-state index in [1.54, 1.807) is 4.90 Å². The van der Waals surface area contributed by atoms with Crippen molar-refractivity contribution in [1.82, 2.24) is 10.2 Å². The van der Waals surface area contributed by atoms with Crippen LogP contribution in [0.15, 0.2) is 0 Å². The number of carboxylic acids is 1. The standard InChI is InChI=1S/C16H28N2O3/c1-3-12-7-5-8-13(11-12)17-15(21)18-10-6-9-16(18,4-2)14(19)20/h12-13H,3-11H2,1-2H3,(H,17,21)(H,19,20). The summed E-state index contributed by atoms with van der Waals surface area (Å²) in [7, 11) is 0. The van der Waals surface area contributed by atoms with E-state index in [0.29, 0.717) is 25.3 Å². The predicted molar refractivity (Wildman–Crippen MR) is 81.2 cm³/mol. The van der Waals surface area contributed by atoms with E-state index < -0.39 is 11.5 Å². The zero-order valence-corrected chi connectivity index (χ0v) is 13.2. The number of carbonyl (C=O) groups is 2. The number of aliphatic carboxylic acids is 1. The zero-order chi connectivity index (χ0) is 15.5. The molecule has 1 saturated heterocycles. The van der Waals surface area contributed by atoms with Crippen LogP contribution in [0.2, 0.25) is 0 Å². The highest BCUT2D eigenvalue weighted by Crippen LogP contribution is 2.33. The normalized spacial score (nSPS) is 33.0. The summed E-state index contributed by atoms with van der Waals surface area (Å²) in [5, 5.41) is 12.6. The first-order valence-electron chi connectivity index (χ1n) is 8.35. The van der Waals surface area contributed by atoms with E-state index in [1.165, 1.54) is 6.42 Å². The Balaban J connectivity index is 2.00. The molecule has 2 aliphatic rings. The Bertz CT molecular complexity index is 399. The second kappa shape index (κ2) is 6.67. The first-order valence-corrected chi connectivity index (χ1v) is 8.35. The molecule has 0 aromatic carbocycles. The van der Waals surface area contributed by atoms with E-state index in [4.69, 9.17) is 0 Å². The molecule has 2 amide bonds. The summed E-state index contributed by atoms with van der Waals surface area (Å²) in [5.74, 6) is -0.175. The lowest BCUT2D eigenvalue weighted by Gasteiger charge is -2.36. The minimum Gasteiger partial charge on any atom is -0.479 e. The van der Waals surface area contributed by atoms with Crippen molar-refractivity contribution in [3.05, 3.63) is 0 Å². The number of carboxylic acid groups (broad SMARTS) is 1. The van der Waals surface area contributed by atoms with Crippen molar-refractivity contribution < 1.29 is 14.7 Å². The number of hydrogen-bond acceptors (Lipinski definition) is 2. The van der Waals surface area contributed by atoms with Gasteiger partial charge >= 0.3 is 12.0 Å². The van der Waals surface area contributed by atoms with Crippen molar-refractivity contribution in [2.45, 2.75) is 76.8 Å². The van der Waals surface area contributed by atoms with Gasteiger partial charge in [-0.2, -0.15) is 0 Å². The molecule has 0 bridgehead atoms. The highest BCUT2D eigenvalue weighted by molar-refractivity contribution is 5.87. The van der Waals surface area contributed by atoms with Crippen LogP contribution in [0.4, 0.5) is 4.79 Å². The van der Waals surface area contributed by atoms with Gasteiger partial charge in [-0.25, -0.2) is 9.59 Å². The number of nitrogens with zero attached hydrogens (tertiary/aromatic N) is 1. The third kappa shape index (κ3) is 3.16. The first kappa shape index (κ1) is 16.1. The molecule has 3 atom stereocenters. The van der Waals surface area contributed by atoms with Gasteiger partial charge in [0.15, 0.2) is 0 Å². The van der Waals surface area contributed by atoms with Crippen LogP contribution in [-0.2, 0) is 4.79 Å². The Hall–Kier alpha value is -1.26. The lowest BCUT2D eigenvalue weighted by Crippen LogP contribution is -2.57. The van der Waals surface area contributed by atoms with Gasteiger partial charge in [-0.1, -0.05) is 33.1 Å². The van der Waals surface area contributed by atoms with Gasteiger partial charge in [-0.15, -0.1) is 0 Å². The van der Waals surface area contributed by atoms with E-state index in [0.717, 1.165) is 32.1 Å². The van der Waals surface area contributed by atoms with Crippen molar-refractivity contribution in [1.29, 1.82) is 0 Å². The third-order valence-electron chi connectivity index (χ3n) is 5.40. The molecule has 3 unspecified atom stereocenters. The zero-order valence-electron chi connectivity index (χ0n) is 13.2. The van der Waals surface area contributed by atoms with Gasteiger partial charge in [0.05, 0.1) is 0 Å². The van der Waals surface area contributed by atoms with E-state index in [9.17, 15) is 14.7 Å². The number of hydrogen-bond donors (Lipinski definition) is 2. The molecule has 1 saturated carbocycles. The SMILES string of the molecule is CCC1CCCC(NC(=O)N2CCCC2(CC)C(=O)O)C1. The van der Waals surface area contributed by atoms with Crippen LogP contribution in [0.5, 0.6) is 0 Å². The number of nitrogens with one attached hydrogen (secondary N) is 1. The van der Waals surface area contributed by atoms with Gasteiger partial charge in [-0.05, 0) is 38.0 Å². The highest BCUT2D eigenvalue weighted by Gasteiger charge is 2.48. The van der Waals surface area contributed by atoms with E-state index in [1.807, 2.05) is 6.92 Å². The summed E-state index contributed by atoms with van der Waals surface area (Å²) in [6.07, 6.45) is 7.42. The fourth-order valence-corrected chi connectivity index (χ4v) is 3.96. The molecule has 0 spiro atoms. The molecule has 2 fully saturated rings. The number of likely N-dealkylation sites (tertiary alicyclic amines) is 1. The van der Waals surface area contributed by atoms with Crippen LogP contribution < -0.4 is 5.32 Å². The van der Waals surface area contributed by atoms with Crippen molar-refractivity contribution in [3.8, 4) is 0 Å². The van der Waals surface area contributed by atoms with Gasteiger partial charge in [-0.3, -0.25) is 0 Å². The van der Waals surface area contributed by atoms with E-state index in [-0.39, 0.29) is 12.1 Å². The molecule has 0 radical (unpaired) electrons. The number of rotatable bonds is 4. The molecule has 2 rings (SSSR count). The number of amides is 2. The molecule has 2 N–H and O–H groups in total. The first-order chi connectivity index (χ1) is 10.0. The predicted octanol–water partition coefficient (Wildman–Crippen LogP) is 2.99. The largest absolute Gasteiger partial charge is 0.479 e. The van der Waals surface area contributed by atoms with Crippen LogP contribution in [0, 0.1) is 5.92 Å². The van der Waals surface area contributed by atoms with Crippen molar-refractivity contribution >= 4 is 12.0 Å². The van der Waals surface area contributed by atoms with Crippen molar-refractivity contribution in [3.63, 3.8) is 0 Å². The second-order valence-electron chi connectivity index (χ2n) is 6.53. The molecule has 5 nitrogen and oxygen atoms in total. The molecule has 0 aromatic rings. The van der Waals surface area contributed by atoms with E-state index >= 15 is 0 Å². The molecule has 21 heavy (non-hydrogen) atoms. The average molecular weight is 296 g/mol. The lowest BCUT2D eigenvalue weighted by molar-refractivity contribution is -0.148. The van der Waals surface area contributed by atoms with Gasteiger partial charge in [0.25, 0.3) is 0 Å². The summed E-state index contributed by atoms with van der Waals surface area (Å²) in [5.41, 5.74) is -0.997. The van der Waals surface area contributed by atoms with Crippen molar-refractivity contribution in [2.24, 2.45) is 5.92 Å². The smallest absolute Gasteiger partial charge is 0.329 e. The van der Waals surface area contributed by atoms with Crippen LogP contribution >= 0.6 is 0 Å². The minimum atomic E-state index is -0.997. The summed E-state index contributed by atoms with van der Waals surface area (Å²) in [4.78, 5) is 25.7. The fourth-order valence-electron chi connectivity index (χ4n) is 3.96. The minimum absolute atomic E-state index is 0.182. The molecule has 5 heteroatoms. The monoisotopic (exact) mass is 296 g/mol. The molecular weight excluding hydrogens is 268 g/mol. The maximum absolute atomic E-state index is 12.5. The molecule has 1 aliphatic heterocycles. The van der Waals surface area contributed by atoms with Gasteiger partial charge < -0.3 is 15.3 Å². The Morgan fingerprint density at radius 2 is 2.05 bits per heavy atom. The van der Waals surface area contributed by atoms with Crippen LogP contribution in [-0.4, -0.2) is 40.1 Å². The Morgan fingerprint density at radius 1 is 1.29 bits per heavy atom. The fraction of sp³-hybridized carbons (Fsp3) is 0.875. The summed E-state index contributed by atoms with van der Waals surface area (Å²) >= 11 is 0. The van der Waals surface area contributed by atoms with Crippen LogP contribution in [0.3, 0.4) is 0 Å². The third-order valence-corrected chi connectivity index (χ3v) is 5.40. The summed E-state index contributed by atoms with van der Waals surface area (Å²) < 4.78 is 0. The van der Waals surface area contributed by atoms with Crippen LogP contribution in [0.25, 0.3) is 0 Å². The van der Waals surface area contributed by atoms with Crippen LogP contribution in [0.1, 0.15) is 65.2 Å². The molecule has 120 valence electrons. The topological polar surface area (TPSA) is 69.6 Å². The molecular formula is C16H28N2O3. The van der Waals surface area contributed by atoms with Crippen molar-refractivity contribution in [2.75, 3.05) is 6.54 Å². The quantitative estimate of drug-likeness (QED) is 0.838. The van der Waals surface area contributed by atoms with Gasteiger partial charge in [0, 0.05) is 12.6 Å². The molecule has 1 heterocycles. The Kier molecular flexibility index (Phi) is 5.12. The maximum atomic E-state index is 12.5. The maximum Gasteiger partial charge on any atom is 0.329 e. The molecule has 0 aromatic heterocycles. The Morgan fingerprint density at radius 3 is 2.67 bits per heavy atom. The van der Waals surface area contributed by atoms with Gasteiger partial charge in [0.1, 0.15) is 5.54 Å². The number of carbonyl (C=O) groups excluding carboxylic acids is 1. The second-order valence-corrected chi connectivity index (χ2v) is 6.53. The summed E-state index contributed by atoms with van der Waals surface area (Å²) in [6, 6.07) is 0.0265. The van der Waals surface area contributed by atoms with E-state index in [2.05, 4.69) is 12.2 Å². The molecule has 1 aliphatic carbocycles.